The molecule has 2 rings (SSSR count). The van der Waals surface area contributed by atoms with E-state index in [4.69, 9.17) is 19.5 Å². The third-order valence-corrected chi connectivity index (χ3v) is 3.90. The lowest BCUT2D eigenvalue weighted by molar-refractivity contribution is -0.0131. The second-order valence-corrected chi connectivity index (χ2v) is 7.46. The fourth-order valence-corrected chi connectivity index (χ4v) is 2.64. The predicted molar refractivity (Wildman–Crippen MR) is 102 cm³/mol. The van der Waals surface area contributed by atoms with E-state index in [1.807, 2.05) is 20.8 Å². The van der Waals surface area contributed by atoms with Crippen LogP contribution < -0.4 is 10.1 Å². The van der Waals surface area contributed by atoms with Crippen LogP contribution in [0.2, 0.25) is 0 Å². The minimum atomic E-state index is -0.542. The second kappa shape index (κ2) is 10.1. The van der Waals surface area contributed by atoms with Crippen LogP contribution in [0.25, 0.3) is 0 Å². The SMILES string of the molecule is CC(C)(C)OC(=O)N(CCCOc1ccc(C#N)cc1)CC1CNCCO1. The normalized spacial score (nSPS) is 17.0. The molecular weight excluding hydrogens is 346 g/mol. The number of carbonyl (C=O) groups excluding carboxylic acids is 1. The second-order valence-electron chi connectivity index (χ2n) is 7.46. The van der Waals surface area contributed by atoms with E-state index < -0.39 is 5.60 Å². The van der Waals surface area contributed by atoms with Crippen molar-refractivity contribution < 1.29 is 19.0 Å². The summed E-state index contributed by atoms with van der Waals surface area (Å²) in [6.45, 7) is 9.25. The Bertz CT molecular complexity index is 628. The van der Waals surface area contributed by atoms with Crippen molar-refractivity contribution in [1.29, 1.82) is 5.26 Å². The number of nitrogens with one attached hydrogen (secondary N) is 1. The Morgan fingerprint density at radius 3 is 2.70 bits per heavy atom. The number of nitriles is 1. The molecule has 0 aliphatic carbocycles. The molecule has 0 aromatic heterocycles. The van der Waals surface area contributed by atoms with Crippen LogP contribution in [-0.2, 0) is 9.47 Å². The smallest absolute Gasteiger partial charge is 0.410 e. The first-order valence-corrected chi connectivity index (χ1v) is 9.30. The molecule has 7 nitrogen and oxygen atoms in total. The van der Waals surface area contributed by atoms with Crippen molar-refractivity contribution in [3.05, 3.63) is 29.8 Å². The van der Waals surface area contributed by atoms with Gasteiger partial charge in [-0.3, -0.25) is 0 Å². The van der Waals surface area contributed by atoms with Gasteiger partial charge in [0.25, 0.3) is 0 Å². The van der Waals surface area contributed by atoms with Gasteiger partial charge in [0, 0.05) is 19.6 Å². The van der Waals surface area contributed by atoms with Crippen LogP contribution in [0, 0.1) is 11.3 Å². The molecule has 1 aliphatic heterocycles. The molecule has 1 atom stereocenters. The maximum absolute atomic E-state index is 12.5. The first-order chi connectivity index (χ1) is 12.9. The summed E-state index contributed by atoms with van der Waals surface area (Å²) in [5, 5.41) is 12.1. The van der Waals surface area contributed by atoms with Crippen molar-refractivity contribution in [2.45, 2.75) is 38.9 Å². The lowest BCUT2D eigenvalue weighted by Gasteiger charge is -2.32. The number of hydrogen-bond donors (Lipinski definition) is 1. The zero-order chi connectivity index (χ0) is 19.7. The highest BCUT2D eigenvalue weighted by Gasteiger charge is 2.25. The van der Waals surface area contributed by atoms with Gasteiger partial charge in [-0.05, 0) is 51.5 Å². The van der Waals surface area contributed by atoms with Gasteiger partial charge in [-0.1, -0.05) is 0 Å². The first kappa shape index (κ1) is 21.0. The minimum Gasteiger partial charge on any atom is -0.494 e. The van der Waals surface area contributed by atoms with Crippen LogP contribution in [0.4, 0.5) is 4.79 Å². The molecule has 1 amide bonds. The molecule has 0 radical (unpaired) electrons. The molecule has 7 heteroatoms. The number of amides is 1. The van der Waals surface area contributed by atoms with E-state index in [0.717, 1.165) is 13.1 Å². The number of nitrogens with zero attached hydrogens (tertiary/aromatic N) is 2. The Kier molecular flexibility index (Phi) is 7.89. The van der Waals surface area contributed by atoms with Crippen LogP contribution in [0.3, 0.4) is 0 Å². The number of carbonyl (C=O) groups is 1. The molecule has 27 heavy (non-hydrogen) atoms. The monoisotopic (exact) mass is 375 g/mol. The molecule has 1 fully saturated rings. The molecular formula is C20H29N3O4. The van der Waals surface area contributed by atoms with Crippen LogP contribution in [-0.4, -0.2) is 62.1 Å². The summed E-state index contributed by atoms with van der Waals surface area (Å²) in [5.74, 6) is 0.706. The fourth-order valence-electron chi connectivity index (χ4n) is 2.64. The molecule has 0 spiro atoms. The molecule has 1 aromatic rings. The molecule has 0 saturated carbocycles. The van der Waals surface area contributed by atoms with Crippen molar-refractivity contribution in [3.63, 3.8) is 0 Å². The number of morpholine rings is 1. The van der Waals surface area contributed by atoms with Crippen LogP contribution in [0.1, 0.15) is 32.8 Å². The van der Waals surface area contributed by atoms with E-state index in [1.54, 1.807) is 29.2 Å². The molecule has 1 heterocycles. The van der Waals surface area contributed by atoms with Gasteiger partial charge in [0.1, 0.15) is 11.4 Å². The Balaban J connectivity index is 1.84. The topological polar surface area (TPSA) is 83.8 Å². The summed E-state index contributed by atoms with van der Waals surface area (Å²) in [7, 11) is 0. The average molecular weight is 375 g/mol. The third kappa shape index (κ3) is 7.85. The molecule has 1 N–H and O–H groups in total. The number of hydrogen-bond acceptors (Lipinski definition) is 6. The molecule has 1 saturated heterocycles. The lowest BCUT2D eigenvalue weighted by atomic mass is 10.2. The van der Waals surface area contributed by atoms with Gasteiger partial charge < -0.3 is 24.4 Å². The van der Waals surface area contributed by atoms with Gasteiger partial charge in [0.05, 0.1) is 37.5 Å². The standard InChI is InChI=1S/C20H29N3O4/c1-20(2,3)27-19(24)23(15-18-14-22-9-12-26-18)10-4-11-25-17-7-5-16(13-21)6-8-17/h5-8,18,22H,4,9-12,14-15H2,1-3H3. The highest BCUT2D eigenvalue weighted by atomic mass is 16.6. The van der Waals surface area contributed by atoms with Gasteiger partial charge in [-0.25, -0.2) is 4.79 Å². The summed E-state index contributed by atoms with van der Waals surface area (Å²) < 4.78 is 16.9. The minimum absolute atomic E-state index is 0.0364. The number of benzene rings is 1. The van der Waals surface area contributed by atoms with Crippen molar-refractivity contribution >= 4 is 6.09 Å². The van der Waals surface area contributed by atoms with Gasteiger partial charge >= 0.3 is 6.09 Å². The van der Waals surface area contributed by atoms with Crippen molar-refractivity contribution in [2.24, 2.45) is 0 Å². The van der Waals surface area contributed by atoms with Crippen LogP contribution in [0.5, 0.6) is 5.75 Å². The van der Waals surface area contributed by atoms with E-state index >= 15 is 0 Å². The van der Waals surface area contributed by atoms with Gasteiger partial charge in [-0.15, -0.1) is 0 Å². The van der Waals surface area contributed by atoms with E-state index in [0.29, 0.717) is 44.0 Å². The fraction of sp³-hybridized carbons (Fsp3) is 0.600. The van der Waals surface area contributed by atoms with Crippen molar-refractivity contribution in [1.82, 2.24) is 10.2 Å². The van der Waals surface area contributed by atoms with Gasteiger partial charge in [0.2, 0.25) is 0 Å². The van der Waals surface area contributed by atoms with Crippen molar-refractivity contribution in [3.8, 4) is 11.8 Å². The Morgan fingerprint density at radius 1 is 1.37 bits per heavy atom. The zero-order valence-electron chi connectivity index (χ0n) is 16.4. The van der Waals surface area contributed by atoms with Gasteiger partial charge in [-0.2, -0.15) is 5.26 Å². The molecule has 1 aliphatic rings. The highest BCUT2D eigenvalue weighted by Crippen LogP contribution is 2.14. The number of ether oxygens (including phenoxy) is 3. The molecule has 1 aromatic carbocycles. The average Bonchev–Trinajstić information content (AvgIpc) is 2.64. The van der Waals surface area contributed by atoms with E-state index in [9.17, 15) is 4.79 Å². The Hall–Kier alpha value is -2.30. The van der Waals surface area contributed by atoms with E-state index in [2.05, 4.69) is 11.4 Å². The molecule has 148 valence electrons. The highest BCUT2D eigenvalue weighted by molar-refractivity contribution is 5.68. The van der Waals surface area contributed by atoms with Crippen LogP contribution >= 0.6 is 0 Å². The predicted octanol–water partition coefficient (Wildman–Crippen LogP) is 2.55. The summed E-state index contributed by atoms with van der Waals surface area (Å²) in [6, 6.07) is 9.05. The summed E-state index contributed by atoms with van der Waals surface area (Å²) in [4.78, 5) is 14.2. The first-order valence-electron chi connectivity index (χ1n) is 9.30. The molecule has 1 unspecified atom stereocenters. The molecule has 0 bridgehead atoms. The largest absolute Gasteiger partial charge is 0.494 e. The maximum atomic E-state index is 12.5. The van der Waals surface area contributed by atoms with Crippen molar-refractivity contribution in [2.75, 3.05) is 39.4 Å². The Labute approximate surface area is 161 Å². The third-order valence-electron chi connectivity index (χ3n) is 3.90. The Morgan fingerprint density at radius 2 is 2.11 bits per heavy atom. The summed E-state index contributed by atoms with van der Waals surface area (Å²) in [6.07, 6.45) is 0.292. The van der Waals surface area contributed by atoms with Crippen LogP contribution in [0.15, 0.2) is 24.3 Å². The van der Waals surface area contributed by atoms with E-state index in [-0.39, 0.29) is 12.2 Å². The summed E-state index contributed by atoms with van der Waals surface area (Å²) in [5.41, 5.74) is 0.0551. The van der Waals surface area contributed by atoms with E-state index in [1.165, 1.54) is 0 Å². The zero-order valence-corrected chi connectivity index (χ0v) is 16.4. The lowest BCUT2D eigenvalue weighted by Crippen LogP contribution is -2.48. The van der Waals surface area contributed by atoms with Gasteiger partial charge in [0.15, 0.2) is 0 Å². The number of rotatable bonds is 7. The maximum Gasteiger partial charge on any atom is 0.410 e. The quantitative estimate of drug-likeness (QED) is 0.738. The summed E-state index contributed by atoms with van der Waals surface area (Å²) >= 11 is 0.